The maximum Gasteiger partial charge on any atom is 0.299 e. The standard InChI is InChI=1S/C12H16O4S/c1-10-5-7-11(8-6-10)17(13,14)16-12-4-2-3-9-15-12/h5-8,12H,2-4,9H2,1H3. The molecule has 0 aliphatic carbocycles. The first-order valence-corrected chi connectivity index (χ1v) is 7.10. The van der Waals surface area contributed by atoms with Crippen molar-refractivity contribution in [1.82, 2.24) is 0 Å². The molecule has 0 aromatic heterocycles. The molecular formula is C12H16O4S. The normalized spacial score (nSPS) is 21.4. The molecule has 0 bridgehead atoms. The predicted molar refractivity (Wildman–Crippen MR) is 63.0 cm³/mol. The van der Waals surface area contributed by atoms with E-state index in [0.717, 1.165) is 18.4 Å². The molecule has 1 atom stereocenters. The molecule has 5 heteroatoms. The summed E-state index contributed by atoms with van der Waals surface area (Å²) in [5.74, 6) is 0. The van der Waals surface area contributed by atoms with Crippen molar-refractivity contribution in [3.63, 3.8) is 0 Å². The van der Waals surface area contributed by atoms with Crippen LogP contribution < -0.4 is 0 Å². The highest BCUT2D eigenvalue weighted by Gasteiger charge is 2.23. The fraction of sp³-hybridized carbons (Fsp3) is 0.500. The zero-order valence-corrected chi connectivity index (χ0v) is 10.6. The van der Waals surface area contributed by atoms with Gasteiger partial charge in [-0.15, -0.1) is 0 Å². The number of rotatable bonds is 3. The SMILES string of the molecule is Cc1ccc(S(=O)(=O)OC2CCCCO2)cc1. The van der Waals surface area contributed by atoms with Gasteiger partial charge in [0.25, 0.3) is 10.1 Å². The lowest BCUT2D eigenvalue weighted by molar-refractivity contribution is -0.102. The highest BCUT2D eigenvalue weighted by molar-refractivity contribution is 7.86. The second-order valence-electron chi connectivity index (χ2n) is 4.16. The van der Waals surface area contributed by atoms with Gasteiger partial charge in [0.1, 0.15) is 0 Å². The Bertz CT molecular complexity index is 458. The number of hydrogen-bond donors (Lipinski definition) is 0. The third-order valence-corrected chi connectivity index (χ3v) is 4.00. The van der Waals surface area contributed by atoms with Crippen LogP contribution in [0.25, 0.3) is 0 Å². The lowest BCUT2D eigenvalue weighted by atomic mass is 10.2. The van der Waals surface area contributed by atoms with E-state index in [1.165, 1.54) is 0 Å². The Kier molecular flexibility index (Phi) is 3.81. The molecular weight excluding hydrogens is 240 g/mol. The summed E-state index contributed by atoms with van der Waals surface area (Å²) in [5, 5.41) is 0. The predicted octanol–water partition coefficient (Wildman–Crippen LogP) is 2.23. The number of benzene rings is 1. The first kappa shape index (κ1) is 12.5. The lowest BCUT2D eigenvalue weighted by Gasteiger charge is -2.22. The van der Waals surface area contributed by atoms with Crippen molar-refractivity contribution in [1.29, 1.82) is 0 Å². The van der Waals surface area contributed by atoms with Gasteiger partial charge in [-0.25, -0.2) is 4.18 Å². The van der Waals surface area contributed by atoms with E-state index in [4.69, 9.17) is 8.92 Å². The second kappa shape index (κ2) is 5.16. The van der Waals surface area contributed by atoms with E-state index in [1.807, 2.05) is 6.92 Å². The molecule has 2 rings (SSSR count). The van der Waals surface area contributed by atoms with Gasteiger partial charge >= 0.3 is 0 Å². The van der Waals surface area contributed by atoms with Gasteiger partial charge in [-0.1, -0.05) is 17.7 Å². The smallest absolute Gasteiger partial charge is 0.299 e. The van der Waals surface area contributed by atoms with E-state index < -0.39 is 16.4 Å². The topological polar surface area (TPSA) is 52.6 Å². The average Bonchev–Trinajstić information content (AvgIpc) is 2.30. The van der Waals surface area contributed by atoms with E-state index in [9.17, 15) is 8.42 Å². The van der Waals surface area contributed by atoms with Crippen molar-refractivity contribution in [3.8, 4) is 0 Å². The van der Waals surface area contributed by atoms with Crippen LogP contribution in [0.1, 0.15) is 24.8 Å². The summed E-state index contributed by atoms with van der Waals surface area (Å²) in [6.45, 7) is 2.47. The molecule has 0 spiro atoms. The fourth-order valence-electron chi connectivity index (χ4n) is 1.69. The van der Waals surface area contributed by atoms with Crippen LogP contribution in [0, 0.1) is 6.92 Å². The minimum absolute atomic E-state index is 0.178. The van der Waals surface area contributed by atoms with Crippen LogP contribution in [0.2, 0.25) is 0 Å². The lowest BCUT2D eigenvalue weighted by Crippen LogP contribution is -2.25. The van der Waals surface area contributed by atoms with Crippen LogP contribution in [0.5, 0.6) is 0 Å². The van der Waals surface area contributed by atoms with E-state index in [0.29, 0.717) is 13.0 Å². The Morgan fingerprint density at radius 1 is 1.24 bits per heavy atom. The third kappa shape index (κ3) is 3.28. The molecule has 1 heterocycles. The minimum Gasteiger partial charge on any atom is -0.351 e. The minimum atomic E-state index is -3.70. The van der Waals surface area contributed by atoms with Crippen molar-refractivity contribution in [2.75, 3.05) is 6.61 Å². The molecule has 1 fully saturated rings. The highest BCUT2D eigenvalue weighted by atomic mass is 32.2. The summed E-state index contributed by atoms with van der Waals surface area (Å²) < 4.78 is 34.1. The summed E-state index contributed by atoms with van der Waals surface area (Å²) >= 11 is 0. The molecule has 1 aliphatic heterocycles. The van der Waals surface area contributed by atoms with Crippen molar-refractivity contribution >= 4 is 10.1 Å². The van der Waals surface area contributed by atoms with Crippen LogP contribution in [-0.4, -0.2) is 21.3 Å². The van der Waals surface area contributed by atoms with Crippen molar-refractivity contribution in [2.45, 2.75) is 37.4 Å². The molecule has 1 saturated heterocycles. The van der Waals surface area contributed by atoms with Gasteiger partial charge in [0.2, 0.25) is 0 Å². The second-order valence-corrected chi connectivity index (χ2v) is 5.73. The van der Waals surface area contributed by atoms with Crippen molar-refractivity contribution < 1.29 is 17.3 Å². The van der Waals surface area contributed by atoms with E-state index >= 15 is 0 Å². The number of aryl methyl sites for hydroxylation is 1. The maximum absolute atomic E-state index is 11.9. The van der Waals surface area contributed by atoms with E-state index in [-0.39, 0.29) is 4.90 Å². The van der Waals surface area contributed by atoms with Crippen LogP contribution in [-0.2, 0) is 19.0 Å². The molecule has 1 unspecified atom stereocenters. The molecule has 0 N–H and O–H groups in total. The summed E-state index contributed by atoms with van der Waals surface area (Å²) in [6.07, 6.45) is 1.90. The average molecular weight is 256 g/mol. The van der Waals surface area contributed by atoms with Gasteiger partial charge in [-0.3, -0.25) is 0 Å². The van der Waals surface area contributed by atoms with Crippen LogP contribution in [0.15, 0.2) is 29.2 Å². The Morgan fingerprint density at radius 2 is 1.94 bits per heavy atom. The monoisotopic (exact) mass is 256 g/mol. The van der Waals surface area contributed by atoms with Crippen molar-refractivity contribution in [2.24, 2.45) is 0 Å². The third-order valence-electron chi connectivity index (χ3n) is 2.68. The number of hydrogen-bond acceptors (Lipinski definition) is 4. The van der Waals surface area contributed by atoms with Crippen LogP contribution in [0.4, 0.5) is 0 Å². The molecule has 17 heavy (non-hydrogen) atoms. The highest BCUT2D eigenvalue weighted by Crippen LogP contribution is 2.20. The molecule has 94 valence electrons. The first-order chi connectivity index (χ1) is 8.08. The Labute approximate surface area is 102 Å². The summed E-state index contributed by atoms with van der Waals surface area (Å²) in [5.41, 5.74) is 1.01. The first-order valence-electron chi connectivity index (χ1n) is 5.69. The largest absolute Gasteiger partial charge is 0.351 e. The summed E-state index contributed by atoms with van der Waals surface area (Å²) in [6, 6.07) is 6.59. The molecule has 1 aliphatic rings. The zero-order chi connectivity index (χ0) is 12.3. The molecule has 0 amide bonds. The summed E-state index contributed by atoms with van der Waals surface area (Å²) in [7, 11) is -3.70. The molecule has 1 aromatic rings. The summed E-state index contributed by atoms with van der Waals surface area (Å²) in [4.78, 5) is 0.178. The van der Waals surface area contributed by atoms with E-state index in [2.05, 4.69) is 0 Å². The Morgan fingerprint density at radius 3 is 2.53 bits per heavy atom. The molecule has 0 saturated carbocycles. The molecule has 4 nitrogen and oxygen atoms in total. The quantitative estimate of drug-likeness (QED) is 0.778. The van der Waals surface area contributed by atoms with Gasteiger partial charge in [0.05, 0.1) is 4.90 Å². The van der Waals surface area contributed by atoms with E-state index in [1.54, 1.807) is 24.3 Å². The Balaban J connectivity index is 2.10. The zero-order valence-electron chi connectivity index (χ0n) is 9.76. The van der Waals surface area contributed by atoms with Crippen LogP contribution in [0.3, 0.4) is 0 Å². The van der Waals surface area contributed by atoms with Gasteiger partial charge in [-0.05, 0) is 38.3 Å². The molecule has 0 radical (unpaired) electrons. The number of ether oxygens (including phenoxy) is 1. The fourth-order valence-corrected chi connectivity index (χ4v) is 2.70. The van der Waals surface area contributed by atoms with Crippen LogP contribution >= 0.6 is 0 Å². The van der Waals surface area contributed by atoms with Gasteiger partial charge in [0.15, 0.2) is 6.29 Å². The Hall–Kier alpha value is -0.910. The van der Waals surface area contributed by atoms with Gasteiger partial charge < -0.3 is 4.74 Å². The van der Waals surface area contributed by atoms with Gasteiger partial charge in [-0.2, -0.15) is 8.42 Å². The molecule has 1 aromatic carbocycles. The van der Waals surface area contributed by atoms with Gasteiger partial charge in [0, 0.05) is 6.61 Å². The maximum atomic E-state index is 11.9. The van der Waals surface area contributed by atoms with Crippen molar-refractivity contribution in [3.05, 3.63) is 29.8 Å².